The average Bonchev–Trinajstić information content (AvgIpc) is 2.83. The normalized spacial score (nSPS) is 18.5. The van der Waals surface area contributed by atoms with Crippen LogP contribution in [-0.2, 0) is 11.0 Å². The zero-order chi connectivity index (χ0) is 14.0. The van der Waals surface area contributed by atoms with Gasteiger partial charge in [-0.2, -0.15) is 13.2 Å². The molecule has 0 bridgehead atoms. The average molecular weight is 313 g/mol. The smallest absolute Gasteiger partial charge is 0.325 e. The molecule has 3 nitrogen and oxygen atoms in total. The molecule has 2 rings (SSSR count). The van der Waals surface area contributed by atoms with Crippen molar-refractivity contribution in [1.29, 1.82) is 0 Å². The lowest BCUT2D eigenvalue weighted by Crippen LogP contribution is -2.35. The van der Waals surface area contributed by atoms with Crippen LogP contribution in [-0.4, -0.2) is 18.5 Å². The minimum absolute atomic E-state index is 0. The van der Waals surface area contributed by atoms with Gasteiger partial charge in [-0.15, -0.1) is 12.4 Å². The largest absolute Gasteiger partial charge is 0.419 e. The summed E-state index contributed by atoms with van der Waals surface area (Å²) in [6, 6.07) is 2.00. The highest BCUT2D eigenvalue weighted by molar-refractivity contribution is 5.95. The van der Waals surface area contributed by atoms with Gasteiger partial charge in [-0.3, -0.25) is 4.79 Å². The van der Waals surface area contributed by atoms with E-state index in [1.54, 1.807) is 0 Å². The van der Waals surface area contributed by atoms with Gasteiger partial charge < -0.3 is 10.6 Å². The maximum absolute atomic E-state index is 13.1. The Morgan fingerprint density at radius 2 is 2.05 bits per heavy atom. The summed E-state index contributed by atoms with van der Waals surface area (Å²) >= 11 is 0. The van der Waals surface area contributed by atoms with Crippen LogP contribution in [0.15, 0.2) is 18.2 Å². The second kappa shape index (κ2) is 6.41. The number of anilines is 1. The number of hydrogen-bond acceptors (Lipinski definition) is 2. The summed E-state index contributed by atoms with van der Waals surface area (Å²) < 4.78 is 50.6. The Labute approximate surface area is 119 Å². The van der Waals surface area contributed by atoms with Crippen LogP contribution < -0.4 is 10.6 Å². The molecule has 1 saturated heterocycles. The lowest BCUT2D eigenvalue weighted by Gasteiger charge is -2.13. The number of carbonyl (C=O) groups is 1. The Balaban J connectivity index is 0.00000200. The van der Waals surface area contributed by atoms with E-state index in [9.17, 15) is 22.4 Å². The molecular formula is C12H13ClF4N2O. The van der Waals surface area contributed by atoms with E-state index in [0.29, 0.717) is 25.1 Å². The van der Waals surface area contributed by atoms with Crippen LogP contribution in [0.3, 0.4) is 0 Å². The van der Waals surface area contributed by atoms with E-state index < -0.39 is 29.5 Å². The number of hydrogen-bond donors (Lipinski definition) is 2. The molecule has 1 amide bonds. The highest BCUT2D eigenvalue weighted by Crippen LogP contribution is 2.33. The summed E-state index contributed by atoms with van der Waals surface area (Å²) in [5.74, 6) is -1.76. The zero-order valence-electron chi connectivity index (χ0n) is 10.3. The van der Waals surface area contributed by atoms with Crippen molar-refractivity contribution < 1.29 is 22.4 Å². The number of benzene rings is 1. The molecule has 0 aliphatic carbocycles. The minimum Gasteiger partial charge on any atom is -0.325 e. The molecule has 1 unspecified atom stereocenters. The van der Waals surface area contributed by atoms with Crippen molar-refractivity contribution in [3.05, 3.63) is 29.6 Å². The van der Waals surface area contributed by atoms with E-state index in [4.69, 9.17) is 0 Å². The van der Waals surface area contributed by atoms with Gasteiger partial charge in [0.1, 0.15) is 5.82 Å². The number of nitrogens with one attached hydrogen (secondary N) is 2. The molecule has 1 aliphatic rings. The summed E-state index contributed by atoms with van der Waals surface area (Å²) in [7, 11) is 0. The second-order valence-electron chi connectivity index (χ2n) is 4.33. The quantitative estimate of drug-likeness (QED) is 0.824. The lowest BCUT2D eigenvalue weighted by atomic mass is 10.1. The maximum Gasteiger partial charge on any atom is 0.419 e. The molecule has 0 saturated carbocycles. The molecular weight excluding hydrogens is 300 g/mol. The van der Waals surface area contributed by atoms with E-state index in [-0.39, 0.29) is 18.1 Å². The molecule has 1 aromatic carbocycles. The van der Waals surface area contributed by atoms with Crippen molar-refractivity contribution >= 4 is 24.0 Å². The summed E-state index contributed by atoms with van der Waals surface area (Å²) in [6.45, 7) is 0.704. The van der Waals surface area contributed by atoms with Gasteiger partial charge in [-0.1, -0.05) is 0 Å². The van der Waals surface area contributed by atoms with Crippen molar-refractivity contribution in [3.8, 4) is 0 Å². The first-order chi connectivity index (χ1) is 8.88. The SMILES string of the molecule is Cl.O=C(Nc1ccc(F)c(C(F)(F)F)c1)C1CCCN1. The third-order valence-electron chi connectivity index (χ3n) is 2.92. The standard InChI is InChI=1S/C12H12F4N2O.ClH/c13-9-4-3-7(6-8(9)12(14,15)16)18-11(19)10-2-1-5-17-10;/h3-4,6,10,17H,1-2,5H2,(H,18,19);1H. The molecule has 8 heteroatoms. The van der Waals surface area contributed by atoms with Crippen LogP contribution in [0.4, 0.5) is 23.2 Å². The Morgan fingerprint density at radius 3 is 2.60 bits per heavy atom. The van der Waals surface area contributed by atoms with Gasteiger partial charge in [-0.25, -0.2) is 4.39 Å². The van der Waals surface area contributed by atoms with Crippen molar-refractivity contribution in [2.75, 3.05) is 11.9 Å². The van der Waals surface area contributed by atoms with Gasteiger partial charge >= 0.3 is 6.18 Å². The third-order valence-corrected chi connectivity index (χ3v) is 2.92. The van der Waals surface area contributed by atoms with Crippen LogP contribution in [0.1, 0.15) is 18.4 Å². The molecule has 0 aromatic heterocycles. The fraction of sp³-hybridized carbons (Fsp3) is 0.417. The number of carbonyl (C=O) groups excluding carboxylic acids is 1. The van der Waals surface area contributed by atoms with Crippen LogP contribution in [0.25, 0.3) is 0 Å². The van der Waals surface area contributed by atoms with E-state index in [0.717, 1.165) is 12.5 Å². The molecule has 1 aliphatic heterocycles. The first-order valence-electron chi connectivity index (χ1n) is 5.79. The molecule has 1 atom stereocenters. The van der Waals surface area contributed by atoms with Crippen molar-refractivity contribution in [1.82, 2.24) is 5.32 Å². The zero-order valence-corrected chi connectivity index (χ0v) is 11.1. The Bertz CT molecular complexity index is 487. The molecule has 0 spiro atoms. The molecule has 1 fully saturated rings. The monoisotopic (exact) mass is 312 g/mol. The molecule has 2 N–H and O–H groups in total. The Morgan fingerprint density at radius 1 is 1.35 bits per heavy atom. The van der Waals surface area contributed by atoms with Crippen molar-refractivity contribution in [2.45, 2.75) is 25.1 Å². The summed E-state index contributed by atoms with van der Waals surface area (Å²) in [6.07, 6.45) is -3.30. The van der Waals surface area contributed by atoms with E-state index in [2.05, 4.69) is 10.6 Å². The molecule has 1 aromatic rings. The number of rotatable bonds is 2. The number of halogens is 5. The third kappa shape index (κ3) is 3.83. The minimum atomic E-state index is -4.78. The molecule has 20 heavy (non-hydrogen) atoms. The number of alkyl halides is 3. The van der Waals surface area contributed by atoms with Gasteiger partial charge in [0.25, 0.3) is 0 Å². The summed E-state index contributed by atoms with van der Waals surface area (Å²) in [5.41, 5.74) is -1.45. The highest BCUT2D eigenvalue weighted by Gasteiger charge is 2.34. The topological polar surface area (TPSA) is 41.1 Å². The Hall–Kier alpha value is -1.34. The van der Waals surface area contributed by atoms with Gasteiger partial charge in [0.05, 0.1) is 11.6 Å². The molecule has 0 radical (unpaired) electrons. The lowest BCUT2D eigenvalue weighted by molar-refractivity contribution is -0.140. The highest BCUT2D eigenvalue weighted by atomic mass is 35.5. The van der Waals surface area contributed by atoms with Crippen LogP contribution in [0, 0.1) is 5.82 Å². The first-order valence-corrected chi connectivity index (χ1v) is 5.79. The van der Waals surface area contributed by atoms with E-state index in [1.165, 1.54) is 0 Å². The van der Waals surface area contributed by atoms with Gasteiger partial charge in [0.15, 0.2) is 0 Å². The predicted octanol–water partition coefficient (Wildman–Crippen LogP) is 2.96. The molecule has 1 heterocycles. The van der Waals surface area contributed by atoms with E-state index >= 15 is 0 Å². The van der Waals surface area contributed by atoms with Crippen molar-refractivity contribution in [2.24, 2.45) is 0 Å². The van der Waals surface area contributed by atoms with Crippen LogP contribution >= 0.6 is 12.4 Å². The second-order valence-corrected chi connectivity index (χ2v) is 4.33. The first kappa shape index (κ1) is 16.7. The number of amides is 1. The van der Waals surface area contributed by atoms with Gasteiger partial charge in [0.2, 0.25) is 5.91 Å². The molecule has 112 valence electrons. The maximum atomic E-state index is 13.1. The van der Waals surface area contributed by atoms with E-state index in [1.807, 2.05) is 0 Å². The fourth-order valence-corrected chi connectivity index (χ4v) is 1.96. The fourth-order valence-electron chi connectivity index (χ4n) is 1.96. The van der Waals surface area contributed by atoms with Gasteiger partial charge in [-0.05, 0) is 37.6 Å². The summed E-state index contributed by atoms with van der Waals surface area (Å²) in [5, 5.41) is 5.28. The predicted molar refractivity (Wildman–Crippen MR) is 68.3 cm³/mol. The summed E-state index contributed by atoms with van der Waals surface area (Å²) in [4.78, 5) is 11.7. The Kier molecular flexibility index (Phi) is 5.35. The van der Waals surface area contributed by atoms with Gasteiger partial charge in [0, 0.05) is 5.69 Å². The van der Waals surface area contributed by atoms with Crippen molar-refractivity contribution in [3.63, 3.8) is 0 Å². The van der Waals surface area contributed by atoms with Crippen LogP contribution in [0.5, 0.6) is 0 Å². The van der Waals surface area contributed by atoms with Crippen LogP contribution in [0.2, 0.25) is 0 Å².